The molecule has 2 unspecified atom stereocenters. The van der Waals surface area contributed by atoms with Crippen molar-refractivity contribution >= 4 is 17.3 Å². The summed E-state index contributed by atoms with van der Waals surface area (Å²) in [5, 5.41) is 0. The lowest BCUT2D eigenvalue weighted by Gasteiger charge is -2.40. The Morgan fingerprint density at radius 2 is 1.66 bits per heavy atom. The van der Waals surface area contributed by atoms with Crippen LogP contribution in [0.15, 0.2) is 97.2 Å². The quantitative estimate of drug-likeness (QED) is 0.266. The fourth-order valence-corrected chi connectivity index (χ4v) is 5.39. The van der Waals surface area contributed by atoms with E-state index in [9.17, 15) is 4.79 Å². The minimum absolute atomic E-state index is 0.0323. The number of benzene rings is 3. The molecule has 194 valence electrons. The van der Waals surface area contributed by atoms with E-state index >= 15 is 0 Å². The van der Waals surface area contributed by atoms with Gasteiger partial charge in [0.1, 0.15) is 6.23 Å². The molecular weight excluding hydrogens is 470 g/mol. The Kier molecular flexibility index (Phi) is 7.97. The average molecular weight is 506 g/mol. The zero-order chi connectivity index (χ0) is 26.5. The number of anilines is 2. The number of rotatable bonds is 7. The van der Waals surface area contributed by atoms with Crippen LogP contribution in [0.5, 0.6) is 0 Å². The number of para-hydroxylation sites is 1. The Balaban J connectivity index is 1.58. The molecule has 1 fully saturated rings. The van der Waals surface area contributed by atoms with Gasteiger partial charge in [0.15, 0.2) is 0 Å². The van der Waals surface area contributed by atoms with Gasteiger partial charge >= 0.3 is 0 Å². The van der Waals surface area contributed by atoms with Gasteiger partial charge < -0.3 is 4.74 Å². The van der Waals surface area contributed by atoms with E-state index in [1.54, 1.807) is 7.11 Å². The Bertz CT molecular complexity index is 1370. The van der Waals surface area contributed by atoms with Gasteiger partial charge in [-0.1, -0.05) is 60.7 Å². The summed E-state index contributed by atoms with van der Waals surface area (Å²) in [6.07, 6.45) is 4.90. The molecule has 0 radical (unpaired) electrons. The molecule has 0 spiro atoms. The van der Waals surface area contributed by atoms with Crippen LogP contribution in [0.3, 0.4) is 0 Å². The molecule has 2 atom stereocenters. The summed E-state index contributed by atoms with van der Waals surface area (Å²) >= 11 is 0. The third kappa shape index (κ3) is 5.40. The molecule has 1 saturated heterocycles. The van der Waals surface area contributed by atoms with Gasteiger partial charge in [0.05, 0.1) is 11.7 Å². The second kappa shape index (κ2) is 11.7. The first-order chi connectivity index (χ1) is 18.6. The van der Waals surface area contributed by atoms with E-state index in [-0.39, 0.29) is 18.2 Å². The van der Waals surface area contributed by atoms with Gasteiger partial charge in [-0.2, -0.15) is 0 Å². The third-order valence-electron chi connectivity index (χ3n) is 7.42. The van der Waals surface area contributed by atoms with E-state index < -0.39 is 0 Å². The Labute approximate surface area is 225 Å². The molecule has 5 rings (SSSR count). The molecule has 1 aliphatic heterocycles. The molecule has 1 aliphatic rings. The lowest BCUT2D eigenvalue weighted by atomic mass is 10.0. The Morgan fingerprint density at radius 3 is 2.39 bits per heavy atom. The minimum Gasteiger partial charge on any atom is -0.366 e. The SMILES string of the molecule is COC1CCCCN1C(C)C(=O)N(c1ccc(-c2ccnc(C)c2)cc1)c1ccccc1-c1ccccc1. The van der Waals surface area contributed by atoms with E-state index in [0.29, 0.717) is 0 Å². The van der Waals surface area contributed by atoms with Crippen LogP contribution in [-0.2, 0) is 9.53 Å². The van der Waals surface area contributed by atoms with Gasteiger partial charge in [-0.05, 0) is 80.1 Å². The first-order valence-corrected chi connectivity index (χ1v) is 13.4. The lowest BCUT2D eigenvalue weighted by molar-refractivity contribution is -0.131. The van der Waals surface area contributed by atoms with E-state index in [2.05, 4.69) is 46.3 Å². The maximum atomic E-state index is 14.4. The molecule has 5 heteroatoms. The van der Waals surface area contributed by atoms with Crippen molar-refractivity contribution in [3.8, 4) is 22.3 Å². The monoisotopic (exact) mass is 505 g/mol. The van der Waals surface area contributed by atoms with Gasteiger partial charge in [-0.15, -0.1) is 0 Å². The maximum absolute atomic E-state index is 14.4. The summed E-state index contributed by atoms with van der Waals surface area (Å²) in [4.78, 5) is 22.8. The van der Waals surface area contributed by atoms with Gasteiger partial charge in [0.2, 0.25) is 5.91 Å². The highest BCUT2D eigenvalue weighted by atomic mass is 16.5. The van der Waals surface area contributed by atoms with Crippen molar-refractivity contribution < 1.29 is 9.53 Å². The number of piperidine rings is 1. The molecule has 0 aliphatic carbocycles. The predicted molar refractivity (Wildman–Crippen MR) is 154 cm³/mol. The molecule has 5 nitrogen and oxygen atoms in total. The van der Waals surface area contributed by atoms with Crippen molar-refractivity contribution in [2.45, 2.75) is 45.4 Å². The summed E-state index contributed by atoms with van der Waals surface area (Å²) in [6, 6.07) is 30.4. The molecule has 3 aromatic carbocycles. The van der Waals surface area contributed by atoms with Crippen LogP contribution in [0.25, 0.3) is 22.3 Å². The number of nitrogens with zero attached hydrogens (tertiary/aromatic N) is 3. The molecule has 0 bridgehead atoms. The van der Waals surface area contributed by atoms with Crippen LogP contribution in [0.4, 0.5) is 11.4 Å². The van der Waals surface area contributed by atoms with Crippen LogP contribution in [0, 0.1) is 6.92 Å². The molecule has 4 aromatic rings. The molecule has 38 heavy (non-hydrogen) atoms. The van der Waals surface area contributed by atoms with Crippen molar-refractivity contribution in [1.82, 2.24) is 9.88 Å². The average Bonchev–Trinajstić information content (AvgIpc) is 2.98. The summed E-state index contributed by atoms with van der Waals surface area (Å²) < 4.78 is 5.78. The third-order valence-corrected chi connectivity index (χ3v) is 7.42. The number of aryl methyl sites for hydroxylation is 1. The number of hydrogen-bond donors (Lipinski definition) is 0. The summed E-state index contributed by atoms with van der Waals surface area (Å²) in [5.74, 6) is 0.0323. The van der Waals surface area contributed by atoms with Crippen LogP contribution in [-0.4, -0.2) is 41.7 Å². The smallest absolute Gasteiger partial charge is 0.248 e. The summed E-state index contributed by atoms with van der Waals surface area (Å²) in [7, 11) is 1.74. The van der Waals surface area contributed by atoms with Crippen molar-refractivity contribution in [3.63, 3.8) is 0 Å². The first-order valence-electron chi connectivity index (χ1n) is 13.4. The lowest BCUT2D eigenvalue weighted by Crippen LogP contribution is -2.52. The number of carbonyl (C=O) groups is 1. The largest absolute Gasteiger partial charge is 0.366 e. The molecule has 1 amide bonds. The van der Waals surface area contributed by atoms with Gasteiger partial charge in [0.25, 0.3) is 0 Å². The molecule has 0 N–H and O–H groups in total. The number of carbonyl (C=O) groups excluding carboxylic acids is 1. The van der Waals surface area contributed by atoms with Crippen LogP contribution >= 0.6 is 0 Å². The predicted octanol–water partition coefficient (Wildman–Crippen LogP) is 7.24. The van der Waals surface area contributed by atoms with Gasteiger partial charge in [0, 0.05) is 36.8 Å². The first kappa shape index (κ1) is 25.8. The molecule has 0 saturated carbocycles. The number of methoxy groups -OCH3 is 1. The van der Waals surface area contributed by atoms with Crippen LogP contribution < -0.4 is 4.90 Å². The Morgan fingerprint density at radius 1 is 0.921 bits per heavy atom. The van der Waals surface area contributed by atoms with Crippen molar-refractivity contribution in [2.24, 2.45) is 0 Å². The van der Waals surface area contributed by atoms with Crippen molar-refractivity contribution in [2.75, 3.05) is 18.6 Å². The summed E-state index contributed by atoms with van der Waals surface area (Å²) in [5.41, 5.74) is 6.97. The molecular formula is C33H35N3O2. The van der Waals surface area contributed by atoms with E-state index in [0.717, 1.165) is 65.1 Å². The van der Waals surface area contributed by atoms with Gasteiger partial charge in [-0.3, -0.25) is 19.6 Å². The van der Waals surface area contributed by atoms with E-state index in [1.165, 1.54) is 0 Å². The highest BCUT2D eigenvalue weighted by Gasteiger charge is 2.34. The fraction of sp³-hybridized carbons (Fsp3) is 0.273. The number of amides is 1. The summed E-state index contributed by atoms with van der Waals surface area (Å²) in [6.45, 7) is 4.85. The normalized spacial score (nSPS) is 16.7. The zero-order valence-electron chi connectivity index (χ0n) is 22.4. The highest BCUT2D eigenvalue weighted by molar-refractivity contribution is 6.06. The fourth-order valence-electron chi connectivity index (χ4n) is 5.39. The van der Waals surface area contributed by atoms with Crippen molar-refractivity contribution in [3.05, 3.63) is 103 Å². The number of likely N-dealkylation sites (tertiary alicyclic amines) is 1. The topological polar surface area (TPSA) is 45.7 Å². The maximum Gasteiger partial charge on any atom is 0.248 e. The van der Waals surface area contributed by atoms with Gasteiger partial charge in [-0.25, -0.2) is 0 Å². The number of pyridine rings is 1. The number of ether oxygens (including phenoxy) is 1. The zero-order valence-corrected chi connectivity index (χ0v) is 22.4. The van der Waals surface area contributed by atoms with Crippen molar-refractivity contribution in [1.29, 1.82) is 0 Å². The molecule has 1 aromatic heterocycles. The standard InChI is InChI=1S/C33H35N3O2/c1-24-23-28(20-21-34-24)26-16-18-29(19-17-26)36(33(37)25(2)35-22-10-9-15-32(35)38-3)31-14-8-7-13-30(31)27-11-5-4-6-12-27/h4-8,11-14,16-21,23,25,32H,9-10,15,22H2,1-3H3. The Hall–Kier alpha value is -3.80. The number of aromatic nitrogens is 1. The minimum atomic E-state index is -0.341. The van der Waals surface area contributed by atoms with E-state index in [4.69, 9.17) is 4.74 Å². The second-order valence-electron chi connectivity index (χ2n) is 9.89. The van der Waals surface area contributed by atoms with Crippen LogP contribution in [0.1, 0.15) is 31.9 Å². The van der Waals surface area contributed by atoms with Crippen LogP contribution in [0.2, 0.25) is 0 Å². The molecule has 2 heterocycles. The second-order valence-corrected chi connectivity index (χ2v) is 9.89. The number of hydrogen-bond acceptors (Lipinski definition) is 4. The highest BCUT2D eigenvalue weighted by Crippen LogP contribution is 2.37. The van der Waals surface area contributed by atoms with E-state index in [1.807, 2.05) is 79.5 Å².